The number of nitrogens with zero attached hydrogens (tertiary/aromatic N) is 2. The van der Waals surface area contributed by atoms with Gasteiger partial charge in [-0.15, -0.1) is 0 Å². The quantitative estimate of drug-likeness (QED) is 0.669. The molecule has 1 heterocycles. The van der Waals surface area contributed by atoms with Gasteiger partial charge in [-0.2, -0.15) is 0 Å². The monoisotopic (exact) mass is 363 g/mol. The molecule has 0 spiro atoms. The minimum Gasteiger partial charge on any atom is -0.355 e. The van der Waals surface area contributed by atoms with Crippen LogP contribution in [0.25, 0.3) is 0 Å². The van der Waals surface area contributed by atoms with Gasteiger partial charge in [-0.05, 0) is 49.7 Å². The van der Waals surface area contributed by atoms with E-state index in [9.17, 15) is 9.18 Å². The van der Waals surface area contributed by atoms with Crippen molar-refractivity contribution in [2.75, 3.05) is 5.32 Å². The lowest BCUT2D eigenvalue weighted by molar-refractivity contribution is 0.0684. The molecule has 4 nitrogen and oxygen atoms in total. The maximum absolute atomic E-state index is 13.4. The summed E-state index contributed by atoms with van der Waals surface area (Å²) in [5.41, 5.74) is 2.71. The standard InChI is InChI=1S/C22H22FN3O/c1-16(2)26(15-17-7-4-3-5-8-17)22(27)21-14-20(11-12-24-21)25-19-10-6-9-18(23)13-19/h3-14,16H,15H2,1-2H3,(H,24,25). The molecule has 1 amide bonds. The molecule has 0 aliphatic rings. The van der Waals surface area contributed by atoms with Gasteiger partial charge in [0.05, 0.1) is 0 Å². The minimum absolute atomic E-state index is 0.0272. The highest BCUT2D eigenvalue weighted by Crippen LogP contribution is 2.19. The number of carbonyl (C=O) groups excluding carboxylic acids is 1. The van der Waals surface area contributed by atoms with E-state index in [0.29, 0.717) is 23.6 Å². The summed E-state index contributed by atoms with van der Waals surface area (Å²) in [5.74, 6) is -0.462. The van der Waals surface area contributed by atoms with E-state index in [0.717, 1.165) is 5.56 Å². The molecule has 0 saturated heterocycles. The Hall–Kier alpha value is -3.21. The second-order valence-corrected chi connectivity index (χ2v) is 6.58. The second-order valence-electron chi connectivity index (χ2n) is 6.58. The maximum Gasteiger partial charge on any atom is 0.273 e. The first kappa shape index (κ1) is 18.6. The number of amides is 1. The molecule has 0 fully saturated rings. The number of pyridine rings is 1. The third-order valence-corrected chi connectivity index (χ3v) is 4.17. The Kier molecular flexibility index (Phi) is 5.81. The van der Waals surface area contributed by atoms with E-state index in [1.807, 2.05) is 44.2 Å². The van der Waals surface area contributed by atoms with Crippen molar-refractivity contribution >= 4 is 17.3 Å². The maximum atomic E-state index is 13.4. The molecule has 3 rings (SSSR count). The molecule has 0 radical (unpaired) electrons. The van der Waals surface area contributed by atoms with Gasteiger partial charge >= 0.3 is 0 Å². The van der Waals surface area contributed by atoms with Crippen molar-refractivity contribution < 1.29 is 9.18 Å². The Morgan fingerprint density at radius 2 is 1.78 bits per heavy atom. The van der Waals surface area contributed by atoms with E-state index >= 15 is 0 Å². The van der Waals surface area contributed by atoms with Crippen LogP contribution in [0.5, 0.6) is 0 Å². The van der Waals surface area contributed by atoms with Crippen LogP contribution in [0, 0.1) is 5.82 Å². The van der Waals surface area contributed by atoms with E-state index < -0.39 is 0 Å². The first-order chi connectivity index (χ1) is 13.0. The summed E-state index contributed by atoms with van der Waals surface area (Å²) in [6, 6.07) is 19.5. The molecular formula is C22H22FN3O. The van der Waals surface area contributed by atoms with Gasteiger partial charge in [0.15, 0.2) is 0 Å². The number of hydrogen-bond acceptors (Lipinski definition) is 3. The predicted molar refractivity (Wildman–Crippen MR) is 105 cm³/mol. The average molecular weight is 363 g/mol. The van der Waals surface area contributed by atoms with Crippen LogP contribution in [0.2, 0.25) is 0 Å². The van der Waals surface area contributed by atoms with Crippen molar-refractivity contribution in [3.05, 3.63) is 90.0 Å². The third kappa shape index (κ3) is 4.91. The molecule has 0 aliphatic carbocycles. The van der Waals surface area contributed by atoms with Crippen LogP contribution in [0.3, 0.4) is 0 Å². The van der Waals surface area contributed by atoms with Crippen molar-refractivity contribution in [2.24, 2.45) is 0 Å². The van der Waals surface area contributed by atoms with Crippen molar-refractivity contribution in [3.63, 3.8) is 0 Å². The van der Waals surface area contributed by atoms with Gasteiger partial charge in [0.1, 0.15) is 11.5 Å². The van der Waals surface area contributed by atoms with Gasteiger partial charge in [0, 0.05) is 30.2 Å². The summed E-state index contributed by atoms with van der Waals surface area (Å²) in [6.07, 6.45) is 1.58. The molecule has 0 bridgehead atoms. The van der Waals surface area contributed by atoms with Crippen LogP contribution in [0.15, 0.2) is 72.9 Å². The molecule has 27 heavy (non-hydrogen) atoms. The van der Waals surface area contributed by atoms with E-state index in [-0.39, 0.29) is 17.8 Å². The molecule has 0 aliphatic heterocycles. The zero-order chi connectivity index (χ0) is 19.2. The highest BCUT2D eigenvalue weighted by molar-refractivity contribution is 5.93. The Bertz CT molecular complexity index is 912. The Morgan fingerprint density at radius 3 is 2.48 bits per heavy atom. The van der Waals surface area contributed by atoms with Gasteiger partial charge in [-0.1, -0.05) is 36.4 Å². The lowest BCUT2D eigenvalue weighted by Gasteiger charge is -2.26. The number of aromatic nitrogens is 1. The number of anilines is 2. The molecule has 2 aromatic carbocycles. The summed E-state index contributed by atoms with van der Waals surface area (Å²) >= 11 is 0. The zero-order valence-electron chi connectivity index (χ0n) is 15.4. The fourth-order valence-corrected chi connectivity index (χ4v) is 2.77. The molecule has 3 aromatic rings. The highest BCUT2D eigenvalue weighted by Gasteiger charge is 2.20. The average Bonchev–Trinajstić information content (AvgIpc) is 2.66. The van der Waals surface area contributed by atoms with Crippen molar-refractivity contribution in [1.29, 1.82) is 0 Å². The molecule has 0 atom stereocenters. The van der Waals surface area contributed by atoms with Crippen LogP contribution in [0.4, 0.5) is 15.8 Å². The first-order valence-electron chi connectivity index (χ1n) is 8.86. The lowest BCUT2D eigenvalue weighted by Crippen LogP contribution is -2.36. The predicted octanol–water partition coefficient (Wildman–Crippen LogP) is 5.02. The normalized spacial score (nSPS) is 10.7. The summed E-state index contributed by atoms with van der Waals surface area (Å²) in [6.45, 7) is 4.48. The number of nitrogens with one attached hydrogen (secondary N) is 1. The lowest BCUT2D eigenvalue weighted by atomic mass is 10.1. The summed E-state index contributed by atoms with van der Waals surface area (Å²) in [7, 11) is 0. The van der Waals surface area contributed by atoms with Crippen LogP contribution in [-0.4, -0.2) is 21.8 Å². The minimum atomic E-state index is -0.320. The zero-order valence-corrected chi connectivity index (χ0v) is 15.4. The number of rotatable bonds is 6. The molecule has 1 aromatic heterocycles. The SMILES string of the molecule is CC(C)N(Cc1ccccc1)C(=O)c1cc(Nc2cccc(F)c2)ccn1. The van der Waals surface area contributed by atoms with Crippen molar-refractivity contribution in [1.82, 2.24) is 9.88 Å². The summed E-state index contributed by atoms with van der Waals surface area (Å²) in [4.78, 5) is 19.0. The van der Waals surface area contributed by atoms with E-state index in [1.165, 1.54) is 12.1 Å². The molecule has 0 saturated carbocycles. The van der Waals surface area contributed by atoms with Crippen LogP contribution in [-0.2, 0) is 6.54 Å². The van der Waals surface area contributed by atoms with Gasteiger partial charge in [-0.25, -0.2) is 4.39 Å². The number of hydrogen-bond donors (Lipinski definition) is 1. The molecular weight excluding hydrogens is 341 g/mol. The first-order valence-corrected chi connectivity index (χ1v) is 8.86. The largest absolute Gasteiger partial charge is 0.355 e. The summed E-state index contributed by atoms with van der Waals surface area (Å²) in [5, 5.41) is 3.11. The van der Waals surface area contributed by atoms with Crippen LogP contribution in [0.1, 0.15) is 29.9 Å². The number of carbonyl (C=O) groups is 1. The van der Waals surface area contributed by atoms with Gasteiger partial charge in [0.2, 0.25) is 0 Å². The second kappa shape index (κ2) is 8.45. The number of benzene rings is 2. The molecule has 0 unspecified atom stereocenters. The van der Waals surface area contributed by atoms with Gasteiger partial charge < -0.3 is 10.2 Å². The molecule has 138 valence electrons. The fraction of sp³-hybridized carbons (Fsp3) is 0.182. The third-order valence-electron chi connectivity index (χ3n) is 4.17. The topological polar surface area (TPSA) is 45.2 Å². The Labute approximate surface area is 158 Å². The van der Waals surface area contributed by atoms with E-state index in [2.05, 4.69) is 10.3 Å². The van der Waals surface area contributed by atoms with Gasteiger partial charge in [0.25, 0.3) is 5.91 Å². The van der Waals surface area contributed by atoms with E-state index in [4.69, 9.17) is 0 Å². The summed E-state index contributed by atoms with van der Waals surface area (Å²) < 4.78 is 13.4. The highest BCUT2D eigenvalue weighted by atomic mass is 19.1. The fourth-order valence-electron chi connectivity index (χ4n) is 2.77. The molecule has 1 N–H and O–H groups in total. The van der Waals surface area contributed by atoms with Crippen LogP contribution >= 0.6 is 0 Å². The van der Waals surface area contributed by atoms with Gasteiger partial charge in [-0.3, -0.25) is 9.78 Å². The molecule has 5 heteroatoms. The number of halogens is 1. The Morgan fingerprint density at radius 1 is 1.04 bits per heavy atom. The Balaban J connectivity index is 1.80. The van der Waals surface area contributed by atoms with E-state index in [1.54, 1.807) is 35.4 Å². The van der Waals surface area contributed by atoms with Crippen LogP contribution < -0.4 is 5.32 Å². The smallest absolute Gasteiger partial charge is 0.273 e. The van der Waals surface area contributed by atoms with Crippen molar-refractivity contribution in [3.8, 4) is 0 Å². The van der Waals surface area contributed by atoms with Crippen molar-refractivity contribution in [2.45, 2.75) is 26.4 Å².